The van der Waals surface area contributed by atoms with Gasteiger partial charge in [0.2, 0.25) is 15.9 Å². The quantitative estimate of drug-likeness (QED) is 0.638. The molecule has 0 bridgehead atoms. The number of nitrogens with zero attached hydrogens (tertiary/aromatic N) is 4. The molecule has 0 aromatic carbocycles. The molecule has 0 radical (unpaired) electrons. The van der Waals surface area contributed by atoms with E-state index >= 15 is 0 Å². The Morgan fingerprint density at radius 2 is 1.66 bits per heavy atom. The summed E-state index contributed by atoms with van der Waals surface area (Å²) in [5.74, 6) is -0.135. The minimum Gasteiger partial charge on any atom is -0.342 e. The number of carbonyl (C=O) groups excluding carboxylic acids is 2. The topological polar surface area (TPSA) is 103 Å². The predicted molar refractivity (Wildman–Crippen MR) is 121 cm³/mol. The second kappa shape index (κ2) is 10.1. The fraction of sp³-hybridized carbons (Fsp3) is 0.476. The van der Waals surface area contributed by atoms with E-state index in [1.54, 1.807) is 34.8 Å². The molecule has 0 spiro atoms. The van der Waals surface area contributed by atoms with E-state index in [-0.39, 0.29) is 28.1 Å². The van der Waals surface area contributed by atoms with Crippen LogP contribution >= 0.6 is 11.3 Å². The lowest BCUT2D eigenvalue weighted by Crippen LogP contribution is -2.51. The summed E-state index contributed by atoms with van der Waals surface area (Å²) in [7, 11) is -3.83. The van der Waals surface area contributed by atoms with Gasteiger partial charge in [-0.3, -0.25) is 19.5 Å². The van der Waals surface area contributed by atoms with Crippen LogP contribution in [0.1, 0.15) is 28.1 Å². The summed E-state index contributed by atoms with van der Waals surface area (Å²) in [6, 6.07) is 4.93. The molecule has 0 unspecified atom stereocenters. The lowest BCUT2D eigenvalue weighted by Gasteiger charge is -2.35. The van der Waals surface area contributed by atoms with Crippen LogP contribution in [0.15, 0.2) is 40.9 Å². The molecule has 4 heterocycles. The zero-order valence-corrected chi connectivity index (χ0v) is 19.4. The average molecular weight is 478 g/mol. The fourth-order valence-electron chi connectivity index (χ4n) is 3.93. The molecule has 2 saturated heterocycles. The van der Waals surface area contributed by atoms with Crippen LogP contribution in [0.5, 0.6) is 0 Å². The Bertz CT molecular complexity index is 1040. The molecule has 0 atom stereocenters. The number of pyridine rings is 1. The third kappa shape index (κ3) is 5.34. The van der Waals surface area contributed by atoms with Crippen molar-refractivity contribution in [3.8, 4) is 0 Å². The number of piperazine rings is 1. The van der Waals surface area contributed by atoms with Gasteiger partial charge >= 0.3 is 0 Å². The summed E-state index contributed by atoms with van der Waals surface area (Å²) in [5, 5.41) is 1.62. The van der Waals surface area contributed by atoms with Crippen molar-refractivity contribution in [3.05, 3.63) is 46.4 Å². The van der Waals surface area contributed by atoms with Crippen LogP contribution < -0.4 is 4.72 Å². The van der Waals surface area contributed by atoms with E-state index in [4.69, 9.17) is 0 Å². The molecule has 2 aromatic rings. The Hall–Kier alpha value is -2.34. The molecule has 172 valence electrons. The van der Waals surface area contributed by atoms with Gasteiger partial charge in [0.15, 0.2) is 0 Å². The molecule has 1 N–H and O–H groups in total. The van der Waals surface area contributed by atoms with E-state index in [1.165, 1.54) is 6.07 Å². The van der Waals surface area contributed by atoms with E-state index in [0.29, 0.717) is 32.7 Å². The summed E-state index contributed by atoms with van der Waals surface area (Å²) in [6.07, 6.45) is 5.33. The highest BCUT2D eigenvalue weighted by Gasteiger charge is 2.30. The Morgan fingerprint density at radius 3 is 2.34 bits per heavy atom. The maximum absolute atomic E-state index is 13.1. The van der Waals surface area contributed by atoms with Crippen molar-refractivity contribution in [1.29, 1.82) is 0 Å². The minimum absolute atomic E-state index is 0.00759. The van der Waals surface area contributed by atoms with E-state index in [9.17, 15) is 18.0 Å². The number of hydrogen-bond donors (Lipinski definition) is 1. The highest BCUT2D eigenvalue weighted by molar-refractivity contribution is 7.89. The van der Waals surface area contributed by atoms with Gasteiger partial charge in [0.05, 0.1) is 6.54 Å². The molecule has 2 amide bonds. The number of hydrogen-bond acceptors (Lipinski definition) is 7. The second-order valence-electron chi connectivity index (χ2n) is 7.95. The summed E-state index contributed by atoms with van der Waals surface area (Å²) in [5.41, 5.74) is 0.784. The molecule has 9 nitrogen and oxygen atoms in total. The maximum Gasteiger partial charge on any atom is 0.265 e. The van der Waals surface area contributed by atoms with Crippen LogP contribution in [0, 0.1) is 0 Å². The summed E-state index contributed by atoms with van der Waals surface area (Å²) >= 11 is 1.13. The average Bonchev–Trinajstić information content (AvgIpc) is 3.51. The lowest BCUT2D eigenvalue weighted by molar-refractivity contribution is -0.131. The van der Waals surface area contributed by atoms with Gasteiger partial charge in [0.25, 0.3) is 5.91 Å². The van der Waals surface area contributed by atoms with Crippen molar-refractivity contribution in [2.24, 2.45) is 0 Å². The zero-order chi connectivity index (χ0) is 22.6. The van der Waals surface area contributed by atoms with Gasteiger partial charge in [-0.05, 0) is 42.0 Å². The van der Waals surface area contributed by atoms with Gasteiger partial charge in [-0.15, -0.1) is 11.3 Å². The number of nitrogens with one attached hydrogen (secondary N) is 1. The normalized spacial score (nSPS) is 17.6. The van der Waals surface area contributed by atoms with Crippen molar-refractivity contribution in [2.45, 2.75) is 24.3 Å². The highest BCUT2D eigenvalue weighted by Crippen LogP contribution is 2.24. The van der Waals surface area contributed by atoms with Gasteiger partial charge < -0.3 is 9.80 Å². The number of aromatic nitrogens is 1. The molecule has 0 aliphatic carbocycles. The summed E-state index contributed by atoms with van der Waals surface area (Å²) in [4.78, 5) is 35.2. The molecule has 0 saturated carbocycles. The van der Waals surface area contributed by atoms with Crippen molar-refractivity contribution < 1.29 is 18.0 Å². The van der Waals surface area contributed by atoms with Crippen LogP contribution in [0.3, 0.4) is 0 Å². The van der Waals surface area contributed by atoms with Gasteiger partial charge in [-0.2, -0.15) is 0 Å². The number of carbonyl (C=O) groups is 2. The SMILES string of the molecule is O=C(CN1CCN(C(=O)c2sccc2S(=O)(=O)NCc2ccncc2)CC1)N1CCCC1. The maximum atomic E-state index is 13.1. The van der Waals surface area contributed by atoms with Crippen LogP contribution in [-0.4, -0.2) is 85.7 Å². The molecule has 4 rings (SSSR count). The molecule has 2 aromatic heterocycles. The van der Waals surface area contributed by atoms with Gasteiger partial charge in [-0.1, -0.05) is 0 Å². The predicted octanol–water partition coefficient (Wildman–Crippen LogP) is 1.00. The summed E-state index contributed by atoms with van der Waals surface area (Å²) in [6.45, 7) is 4.29. The third-order valence-corrected chi connectivity index (χ3v) is 8.28. The van der Waals surface area contributed by atoms with Crippen molar-refractivity contribution in [1.82, 2.24) is 24.4 Å². The first-order chi connectivity index (χ1) is 15.4. The standard InChI is InChI=1S/C21H27N5O4S2/c27-19(25-8-1-2-9-25)16-24-10-12-26(13-11-24)21(28)20-18(5-14-31-20)32(29,30)23-15-17-3-6-22-7-4-17/h3-7,14,23H,1-2,8-13,15-16H2. The van der Waals surface area contributed by atoms with Crippen LogP contribution in [0.25, 0.3) is 0 Å². The fourth-order valence-corrected chi connectivity index (χ4v) is 6.34. The van der Waals surface area contributed by atoms with Crippen LogP contribution in [-0.2, 0) is 21.4 Å². The number of amides is 2. The third-order valence-electron chi connectivity index (χ3n) is 5.81. The lowest BCUT2D eigenvalue weighted by atomic mass is 10.3. The van der Waals surface area contributed by atoms with Gasteiger partial charge in [0, 0.05) is 58.2 Å². The molecule has 2 aliphatic rings. The largest absolute Gasteiger partial charge is 0.342 e. The Kier molecular flexibility index (Phi) is 7.19. The van der Waals surface area contributed by atoms with E-state index < -0.39 is 10.0 Å². The Labute approximate surface area is 192 Å². The van der Waals surface area contributed by atoms with E-state index in [0.717, 1.165) is 42.8 Å². The first-order valence-electron chi connectivity index (χ1n) is 10.7. The summed E-state index contributed by atoms with van der Waals surface area (Å²) < 4.78 is 28.2. The van der Waals surface area contributed by atoms with Gasteiger partial charge in [0.1, 0.15) is 9.77 Å². The highest BCUT2D eigenvalue weighted by atomic mass is 32.2. The van der Waals surface area contributed by atoms with E-state index in [2.05, 4.69) is 14.6 Å². The molecule has 11 heteroatoms. The molecule has 32 heavy (non-hydrogen) atoms. The van der Waals surface area contributed by atoms with E-state index in [1.807, 2.05) is 4.90 Å². The first-order valence-corrected chi connectivity index (χ1v) is 13.1. The number of likely N-dealkylation sites (tertiary alicyclic amines) is 1. The van der Waals surface area contributed by atoms with Crippen molar-refractivity contribution in [2.75, 3.05) is 45.8 Å². The van der Waals surface area contributed by atoms with Gasteiger partial charge in [-0.25, -0.2) is 13.1 Å². The molecular formula is C21H27N5O4S2. The minimum atomic E-state index is -3.83. The van der Waals surface area contributed by atoms with Crippen molar-refractivity contribution >= 4 is 33.2 Å². The number of thiophene rings is 1. The number of rotatable bonds is 7. The van der Waals surface area contributed by atoms with Crippen molar-refractivity contribution in [3.63, 3.8) is 0 Å². The molecular weight excluding hydrogens is 450 g/mol. The number of sulfonamides is 1. The smallest absolute Gasteiger partial charge is 0.265 e. The monoisotopic (exact) mass is 477 g/mol. The Balaban J connectivity index is 1.34. The van der Waals surface area contributed by atoms with Crippen LogP contribution in [0.4, 0.5) is 0 Å². The Morgan fingerprint density at radius 1 is 0.969 bits per heavy atom. The first kappa shape index (κ1) is 22.8. The van der Waals surface area contributed by atoms with Crippen LogP contribution in [0.2, 0.25) is 0 Å². The zero-order valence-electron chi connectivity index (χ0n) is 17.8. The molecule has 2 aliphatic heterocycles. The second-order valence-corrected chi connectivity index (χ2v) is 10.6. The molecule has 2 fully saturated rings.